The molecule has 0 atom stereocenters. The first-order valence-corrected chi connectivity index (χ1v) is 5.99. The normalized spacial score (nSPS) is 9.62. The zero-order chi connectivity index (χ0) is 11.8. The van der Waals surface area contributed by atoms with Gasteiger partial charge >= 0.3 is 0 Å². The van der Waals surface area contributed by atoms with E-state index in [0.717, 1.165) is 23.1 Å². The van der Waals surface area contributed by atoms with Crippen LogP contribution >= 0.6 is 15.9 Å². The molecule has 0 unspecified atom stereocenters. The van der Waals surface area contributed by atoms with Gasteiger partial charge in [-0.25, -0.2) is 0 Å². The molecule has 0 aliphatic heterocycles. The van der Waals surface area contributed by atoms with Gasteiger partial charge in [0.2, 0.25) is 0 Å². The van der Waals surface area contributed by atoms with E-state index in [1.54, 1.807) is 0 Å². The fourth-order valence-corrected chi connectivity index (χ4v) is 1.91. The van der Waals surface area contributed by atoms with E-state index in [1.807, 2.05) is 25.1 Å². The van der Waals surface area contributed by atoms with Gasteiger partial charge < -0.3 is 4.74 Å². The van der Waals surface area contributed by atoms with Crippen molar-refractivity contribution in [1.29, 1.82) is 0 Å². The predicted molar refractivity (Wildman–Crippen MR) is 67.6 cm³/mol. The highest BCUT2D eigenvalue weighted by molar-refractivity contribution is 9.10. The Bertz CT molecular complexity index is 389. The van der Waals surface area contributed by atoms with E-state index in [0.29, 0.717) is 13.2 Å². The van der Waals surface area contributed by atoms with Gasteiger partial charge in [-0.05, 0) is 58.9 Å². The van der Waals surface area contributed by atoms with E-state index >= 15 is 0 Å². The van der Waals surface area contributed by atoms with Crippen LogP contribution in [0.15, 0.2) is 27.8 Å². The smallest absolute Gasteiger partial charge is 0.133 e. The summed E-state index contributed by atoms with van der Waals surface area (Å²) in [6, 6.07) is 6.03. The average Bonchev–Trinajstić information content (AvgIpc) is 2.28. The first kappa shape index (κ1) is 12.9. The highest BCUT2D eigenvalue weighted by atomic mass is 79.9. The van der Waals surface area contributed by atoms with Gasteiger partial charge in [-0.1, -0.05) is 11.2 Å². The minimum atomic E-state index is 0.543. The summed E-state index contributed by atoms with van der Waals surface area (Å²) < 4.78 is 6.39. The van der Waals surface area contributed by atoms with Crippen LogP contribution in [0.2, 0.25) is 0 Å². The molecule has 0 saturated carbocycles. The maximum absolute atomic E-state index is 8.14. The Morgan fingerprint density at radius 1 is 1.50 bits per heavy atom. The first-order valence-electron chi connectivity index (χ1n) is 5.20. The molecule has 1 rings (SSSR count). The minimum absolute atomic E-state index is 0.543. The molecule has 5 heteroatoms. The molecule has 1 aromatic carbocycles. The van der Waals surface area contributed by atoms with E-state index in [1.165, 1.54) is 5.56 Å². The predicted octanol–water partition coefficient (Wildman–Crippen LogP) is 4.09. The lowest BCUT2D eigenvalue weighted by molar-refractivity contribution is 0.338. The summed E-state index contributed by atoms with van der Waals surface area (Å²) in [6.07, 6.45) is 1.77. The molecule has 0 fully saturated rings. The van der Waals surface area contributed by atoms with E-state index in [-0.39, 0.29) is 0 Å². The van der Waals surface area contributed by atoms with Crippen molar-refractivity contribution in [2.24, 2.45) is 5.11 Å². The highest BCUT2D eigenvalue weighted by Crippen LogP contribution is 2.26. The van der Waals surface area contributed by atoms with Crippen molar-refractivity contribution in [3.05, 3.63) is 38.7 Å². The van der Waals surface area contributed by atoms with Crippen molar-refractivity contribution >= 4 is 15.9 Å². The third-order valence-electron chi connectivity index (χ3n) is 2.08. The molecule has 0 aromatic heterocycles. The van der Waals surface area contributed by atoms with Gasteiger partial charge in [0.25, 0.3) is 0 Å². The zero-order valence-electron chi connectivity index (χ0n) is 9.19. The van der Waals surface area contributed by atoms with E-state index in [4.69, 9.17) is 10.3 Å². The van der Waals surface area contributed by atoms with E-state index in [2.05, 4.69) is 26.0 Å². The minimum Gasteiger partial charge on any atom is -0.493 e. The Morgan fingerprint density at radius 3 is 2.94 bits per heavy atom. The van der Waals surface area contributed by atoms with Crippen molar-refractivity contribution in [3.63, 3.8) is 0 Å². The third-order valence-corrected chi connectivity index (χ3v) is 2.70. The molecule has 16 heavy (non-hydrogen) atoms. The SMILES string of the molecule is CCOc1ccc(CCCN=[N+]=[N-])cc1Br. The van der Waals surface area contributed by atoms with Gasteiger partial charge in [-0.15, -0.1) is 0 Å². The quantitative estimate of drug-likeness (QED) is 0.336. The molecular weight excluding hydrogens is 270 g/mol. The Balaban J connectivity index is 2.55. The molecule has 0 aliphatic carbocycles. The Kier molecular flexibility index (Phi) is 5.75. The summed E-state index contributed by atoms with van der Waals surface area (Å²) in [5.74, 6) is 0.862. The standard InChI is InChI=1S/C11H14BrN3O/c1-2-16-11-6-5-9(8-10(11)12)4-3-7-14-15-13/h5-6,8H,2-4,7H2,1H3. The van der Waals surface area contributed by atoms with Gasteiger partial charge in [-0.2, -0.15) is 0 Å². The number of ether oxygens (including phenoxy) is 1. The van der Waals surface area contributed by atoms with Crippen LogP contribution in [0.25, 0.3) is 10.4 Å². The van der Waals surface area contributed by atoms with Gasteiger partial charge in [0, 0.05) is 11.5 Å². The lowest BCUT2D eigenvalue weighted by Gasteiger charge is -2.07. The summed E-state index contributed by atoms with van der Waals surface area (Å²) in [4.78, 5) is 2.72. The summed E-state index contributed by atoms with van der Waals surface area (Å²) >= 11 is 3.46. The molecule has 0 N–H and O–H groups in total. The van der Waals surface area contributed by atoms with Gasteiger partial charge in [0.15, 0.2) is 0 Å². The summed E-state index contributed by atoms with van der Waals surface area (Å²) in [7, 11) is 0. The van der Waals surface area contributed by atoms with Crippen molar-refractivity contribution in [3.8, 4) is 5.75 Å². The molecule has 0 spiro atoms. The fraction of sp³-hybridized carbons (Fsp3) is 0.455. The summed E-state index contributed by atoms with van der Waals surface area (Å²) in [6.45, 7) is 3.16. The number of aryl methyl sites for hydroxylation is 1. The maximum Gasteiger partial charge on any atom is 0.133 e. The van der Waals surface area contributed by atoms with Crippen LogP contribution in [-0.4, -0.2) is 13.2 Å². The van der Waals surface area contributed by atoms with E-state index in [9.17, 15) is 0 Å². The second-order valence-electron chi connectivity index (χ2n) is 3.26. The first-order chi connectivity index (χ1) is 7.77. The number of benzene rings is 1. The second kappa shape index (κ2) is 7.14. The topological polar surface area (TPSA) is 58.0 Å². The monoisotopic (exact) mass is 283 g/mol. The zero-order valence-corrected chi connectivity index (χ0v) is 10.8. The number of halogens is 1. The van der Waals surface area contributed by atoms with Crippen molar-refractivity contribution in [2.45, 2.75) is 19.8 Å². The molecule has 0 bridgehead atoms. The van der Waals surface area contributed by atoms with Gasteiger partial charge in [0.05, 0.1) is 11.1 Å². The number of hydrogen-bond donors (Lipinski definition) is 0. The van der Waals surface area contributed by atoms with Crippen LogP contribution in [0.1, 0.15) is 18.9 Å². The summed E-state index contributed by atoms with van der Waals surface area (Å²) in [5, 5.41) is 3.50. The van der Waals surface area contributed by atoms with Crippen LogP contribution in [0.4, 0.5) is 0 Å². The lowest BCUT2D eigenvalue weighted by atomic mass is 10.1. The van der Waals surface area contributed by atoms with Crippen LogP contribution in [0.5, 0.6) is 5.75 Å². The van der Waals surface area contributed by atoms with Crippen molar-refractivity contribution in [2.75, 3.05) is 13.2 Å². The molecule has 0 saturated heterocycles. The fourth-order valence-electron chi connectivity index (χ4n) is 1.37. The second-order valence-corrected chi connectivity index (χ2v) is 4.11. The Hall–Kier alpha value is -1.19. The Labute approximate surface area is 103 Å². The molecule has 0 aliphatic rings. The number of nitrogens with zero attached hydrogens (tertiary/aromatic N) is 3. The number of azide groups is 1. The largest absolute Gasteiger partial charge is 0.493 e. The lowest BCUT2D eigenvalue weighted by Crippen LogP contribution is -1.94. The third kappa shape index (κ3) is 4.13. The van der Waals surface area contributed by atoms with Crippen molar-refractivity contribution in [1.82, 2.24) is 0 Å². The van der Waals surface area contributed by atoms with Gasteiger partial charge in [-0.3, -0.25) is 0 Å². The molecule has 0 amide bonds. The molecule has 0 radical (unpaired) electrons. The molecule has 4 nitrogen and oxygen atoms in total. The molecule has 86 valence electrons. The van der Waals surface area contributed by atoms with Crippen LogP contribution in [0, 0.1) is 0 Å². The molecule has 0 heterocycles. The summed E-state index contributed by atoms with van der Waals surface area (Å²) in [5.41, 5.74) is 9.35. The Morgan fingerprint density at radius 2 is 2.31 bits per heavy atom. The average molecular weight is 284 g/mol. The van der Waals surface area contributed by atoms with Crippen molar-refractivity contribution < 1.29 is 4.74 Å². The van der Waals surface area contributed by atoms with Gasteiger partial charge in [0.1, 0.15) is 5.75 Å². The van der Waals surface area contributed by atoms with E-state index < -0.39 is 0 Å². The maximum atomic E-state index is 8.14. The van der Waals surface area contributed by atoms with Crippen LogP contribution in [0.3, 0.4) is 0 Å². The van der Waals surface area contributed by atoms with Crippen LogP contribution in [-0.2, 0) is 6.42 Å². The molecule has 1 aromatic rings. The number of rotatable bonds is 6. The molecular formula is C11H14BrN3O. The number of hydrogen-bond acceptors (Lipinski definition) is 2. The van der Waals surface area contributed by atoms with Crippen LogP contribution < -0.4 is 4.74 Å². The highest BCUT2D eigenvalue weighted by Gasteiger charge is 2.01.